The topological polar surface area (TPSA) is 30.0 Å². The minimum Gasteiger partial charge on any atom is -0.391 e. The summed E-state index contributed by atoms with van der Waals surface area (Å²) < 4.78 is 0. The predicted octanol–water partition coefficient (Wildman–Crippen LogP) is 3.06. The Hall–Kier alpha value is -1.10. The number of β-amino-alcohol motifs (C(OH)–C–C–N with tert-alkyl or cyclic N) is 1. The third-order valence-electron chi connectivity index (χ3n) is 6.32. The van der Waals surface area contributed by atoms with Crippen molar-refractivity contribution in [3.05, 3.63) is 29.8 Å². The number of benzene rings is 1. The van der Waals surface area contributed by atoms with Crippen molar-refractivity contribution in [2.24, 2.45) is 11.3 Å². The van der Waals surface area contributed by atoms with Gasteiger partial charge in [0.25, 0.3) is 0 Å². The van der Waals surface area contributed by atoms with Crippen LogP contribution in [0.25, 0.3) is 0 Å². The Morgan fingerprint density at radius 1 is 1.00 bits per heavy atom. The molecule has 146 valence electrons. The molecule has 26 heavy (non-hydrogen) atoms. The Bertz CT molecular complexity index is 575. The van der Waals surface area contributed by atoms with Crippen LogP contribution >= 0.6 is 0 Å². The summed E-state index contributed by atoms with van der Waals surface area (Å²) in [6.07, 6.45) is 0.867. The molecule has 2 unspecified atom stereocenters. The molecule has 0 aliphatic carbocycles. The molecule has 1 aromatic carbocycles. The molecule has 0 radical (unpaired) electrons. The normalized spacial score (nSPS) is 26.3. The number of para-hydroxylation sites is 1. The molecule has 3 rings (SSSR count). The van der Waals surface area contributed by atoms with Crippen LogP contribution in [0.3, 0.4) is 0 Å². The number of rotatable bonds is 4. The van der Waals surface area contributed by atoms with Gasteiger partial charge in [0.15, 0.2) is 0 Å². The van der Waals surface area contributed by atoms with E-state index in [0.29, 0.717) is 5.92 Å². The highest BCUT2D eigenvalue weighted by molar-refractivity contribution is 5.54. The summed E-state index contributed by atoms with van der Waals surface area (Å²) in [4.78, 5) is 7.50. The second-order valence-electron chi connectivity index (χ2n) is 9.11. The van der Waals surface area contributed by atoms with Crippen LogP contribution in [0.1, 0.15) is 39.7 Å². The van der Waals surface area contributed by atoms with Crippen molar-refractivity contribution in [2.45, 2.75) is 46.8 Å². The summed E-state index contributed by atoms with van der Waals surface area (Å²) in [5.74, 6) is 0.399. The summed E-state index contributed by atoms with van der Waals surface area (Å²) in [6, 6.07) is 8.85. The number of piperazine rings is 1. The molecular formula is C22H37N3O. The van der Waals surface area contributed by atoms with Gasteiger partial charge >= 0.3 is 0 Å². The molecular weight excluding hydrogens is 322 g/mol. The molecule has 2 saturated heterocycles. The molecule has 4 nitrogen and oxygen atoms in total. The zero-order valence-corrected chi connectivity index (χ0v) is 17.1. The van der Waals surface area contributed by atoms with Crippen molar-refractivity contribution < 1.29 is 5.11 Å². The largest absolute Gasteiger partial charge is 0.391 e. The van der Waals surface area contributed by atoms with Crippen molar-refractivity contribution in [1.29, 1.82) is 0 Å². The van der Waals surface area contributed by atoms with Gasteiger partial charge in [0, 0.05) is 45.0 Å². The van der Waals surface area contributed by atoms with Gasteiger partial charge in [-0.15, -0.1) is 0 Å². The zero-order valence-electron chi connectivity index (χ0n) is 17.1. The first-order valence-corrected chi connectivity index (χ1v) is 10.3. The number of aliphatic hydroxyl groups excluding tert-OH is 1. The van der Waals surface area contributed by atoms with E-state index in [0.717, 1.165) is 58.8 Å². The molecule has 0 amide bonds. The molecule has 0 aromatic heterocycles. The van der Waals surface area contributed by atoms with Crippen molar-refractivity contribution in [1.82, 2.24) is 9.80 Å². The molecule has 1 N–H and O–H groups in total. The highest BCUT2D eigenvalue weighted by Gasteiger charge is 2.35. The first kappa shape index (κ1) is 19.7. The standard InChI is InChI=1S/C22H37N3O/c1-5-23-12-14-25(15-13-23)20-9-7-6-8-18(20)16-24-11-10-19(21(26)17-24)22(2,3)4/h6-9,19,21,26H,5,10-17H2,1-4H3. The lowest BCUT2D eigenvalue weighted by Crippen LogP contribution is -2.48. The summed E-state index contributed by atoms with van der Waals surface area (Å²) in [6.45, 7) is 17.5. The van der Waals surface area contributed by atoms with E-state index < -0.39 is 0 Å². The third kappa shape index (κ3) is 4.59. The van der Waals surface area contributed by atoms with E-state index in [9.17, 15) is 5.11 Å². The lowest BCUT2D eigenvalue weighted by molar-refractivity contribution is -0.0264. The number of hydrogen-bond donors (Lipinski definition) is 1. The van der Waals surface area contributed by atoms with E-state index in [4.69, 9.17) is 0 Å². The van der Waals surface area contributed by atoms with Crippen LogP contribution in [0.5, 0.6) is 0 Å². The average Bonchev–Trinajstić information content (AvgIpc) is 2.61. The Kier molecular flexibility index (Phi) is 6.26. The van der Waals surface area contributed by atoms with E-state index in [1.165, 1.54) is 11.3 Å². The van der Waals surface area contributed by atoms with Crippen LogP contribution in [-0.2, 0) is 6.54 Å². The van der Waals surface area contributed by atoms with Crippen LogP contribution in [-0.4, -0.2) is 66.8 Å². The van der Waals surface area contributed by atoms with Crippen LogP contribution in [0.15, 0.2) is 24.3 Å². The third-order valence-corrected chi connectivity index (χ3v) is 6.32. The molecule has 4 heteroatoms. The van der Waals surface area contributed by atoms with Gasteiger partial charge in [-0.3, -0.25) is 4.90 Å². The molecule has 2 fully saturated rings. The van der Waals surface area contributed by atoms with Crippen molar-refractivity contribution in [2.75, 3.05) is 50.7 Å². The maximum absolute atomic E-state index is 10.7. The number of aliphatic hydroxyl groups is 1. The fourth-order valence-corrected chi connectivity index (χ4v) is 4.65. The molecule has 0 saturated carbocycles. The van der Waals surface area contributed by atoms with Crippen LogP contribution < -0.4 is 4.90 Å². The number of anilines is 1. The number of piperidine rings is 1. The van der Waals surface area contributed by atoms with Gasteiger partial charge in [0.05, 0.1) is 6.10 Å². The molecule has 1 aromatic rings. The monoisotopic (exact) mass is 359 g/mol. The molecule has 2 aliphatic rings. The highest BCUT2D eigenvalue weighted by Crippen LogP contribution is 2.35. The first-order chi connectivity index (χ1) is 12.4. The number of hydrogen-bond acceptors (Lipinski definition) is 4. The SMILES string of the molecule is CCN1CCN(c2ccccc2CN2CCC(C(C)(C)C)C(O)C2)CC1. The fourth-order valence-electron chi connectivity index (χ4n) is 4.65. The van der Waals surface area contributed by atoms with E-state index in [1.807, 2.05) is 0 Å². The van der Waals surface area contributed by atoms with Gasteiger partial charge in [-0.1, -0.05) is 45.9 Å². The van der Waals surface area contributed by atoms with Gasteiger partial charge in [0.1, 0.15) is 0 Å². The fraction of sp³-hybridized carbons (Fsp3) is 0.727. The number of likely N-dealkylation sites (N-methyl/N-ethyl adjacent to an activating group) is 1. The molecule has 0 spiro atoms. The molecule has 2 heterocycles. The van der Waals surface area contributed by atoms with Gasteiger partial charge < -0.3 is 14.9 Å². The quantitative estimate of drug-likeness (QED) is 0.895. The second kappa shape index (κ2) is 8.28. The van der Waals surface area contributed by atoms with Crippen LogP contribution in [0.2, 0.25) is 0 Å². The summed E-state index contributed by atoms with van der Waals surface area (Å²) >= 11 is 0. The van der Waals surface area contributed by atoms with Gasteiger partial charge in [-0.2, -0.15) is 0 Å². The minimum absolute atomic E-state index is 0.183. The lowest BCUT2D eigenvalue weighted by atomic mass is 9.73. The number of nitrogens with zero attached hydrogens (tertiary/aromatic N) is 3. The van der Waals surface area contributed by atoms with Gasteiger partial charge in [0.2, 0.25) is 0 Å². The van der Waals surface area contributed by atoms with Crippen LogP contribution in [0, 0.1) is 11.3 Å². The summed E-state index contributed by atoms with van der Waals surface area (Å²) in [5.41, 5.74) is 2.97. The summed E-state index contributed by atoms with van der Waals surface area (Å²) in [5, 5.41) is 10.7. The van der Waals surface area contributed by atoms with E-state index in [-0.39, 0.29) is 11.5 Å². The molecule has 2 aliphatic heterocycles. The Morgan fingerprint density at radius 2 is 1.69 bits per heavy atom. The second-order valence-corrected chi connectivity index (χ2v) is 9.11. The van der Waals surface area contributed by atoms with Gasteiger partial charge in [-0.05, 0) is 42.5 Å². The maximum Gasteiger partial charge on any atom is 0.0700 e. The minimum atomic E-state index is -0.219. The Morgan fingerprint density at radius 3 is 2.31 bits per heavy atom. The Balaban J connectivity index is 1.64. The van der Waals surface area contributed by atoms with E-state index >= 15 is 0 Å². The average molecular weight is 360 g/mol. The first-order valence-electron chi connectivity index (χ1n) is 10.3. The van der Waals surface area contributed by atoms with Crippen molar-refractivity contribution >= 4 is 5.69 Å². The van der Waals surface area contributed by atoms with Crippen molar-refractivity contribution in [3.8, 4) is 0 Å². The lowest BCUT2D eigenvalue weighted by Gasteiger charge is -2.43. The summed E-state index contributed by atoms with van der Waals surface area (Å²) in [7, 11) is 0. The molecule has 2 atom stereocenters. The number of likely N-dealkylation sites (tertiary alicyclic amines) is 1. The molecule has 0 bridgehead atoms. The van der Waals surface area contributed by atoms with Crippen LogP contribution in [0.4, 0.5) is 5.69 Å². The highest BCUT2D eigenvalue weighted by atomic mass is 16.3. The van der Waals surface area contributed by atoms with E-state index in [2.05, 4.69) is 66.7 Å². The zero-order chi connectivity index (χ0) is 18.7. The van der Waals surface area contributed by atoms with E-state index in [1.54, 1.807) is 0 Å². The van der Waals surface area contributed by atoms with Crippen molar-refractivity contribution in [3.63, 3.8) is 0 Å². The predicted molar refractivity (Wildman–Crippen MR) is 110 cm³/mol. The van der Waals surface area contributed by atoms with Gasteiger partial charge in [-0.25, -0.2) is 0 Å². The Labute approximate surface area is 159 Å². The smallest absolute Gasteiger partial charge is 0.0700 e. The maximum atomic E-state index is 10.7.